The quantitative estimate of drug-likeness (QED) is 0.509. The van der Waals surface area contributed by atoms with Gasteiger partial charge in [-0.2, -0.15) is 5.48 Å². The Kier molecular flexibility index (Phi) is 7.16. The third-order valence-corrected chi connectivity index (χ3v) is 6.53. The molecule has 2 heterocycles. The van der Waals surface area contributed by atoms with Crippen LogP contribution in [0.4, 0.5) is 4.39 Å². The molecule has 166 valence electrons. The SMILES string of the molecule is C=C/C=C\C(=C\F)OC1CCC(C(C)(C)O)CC1C1=CN(C)C(=O)C2NOCCC12. The van der Waals surface area contributed by atoms with Gasteiger partial charge in [-0.1, -0.05) is 18.7 Å². The Morgan fingerprint density at radius 1 is 1.40 bits per heavy atom. The highest BCUT2D eigenvalue weighted by Gasteiger charge is 2.46. The van der Waals surface area contributed by atoms with E-state index >= 15 is 0 Å². The van der Waals surface area contributed by atoms with Gasteiger partial charge in [0.1, 0.15) is 24.2 Å². The van der Waals surface area contributed by atoms with Crippen LogP contribution < -0.4 is 5.48 Å². The number of amides is 1. The monoisotopic (exact) mass is 420 g/mol. The van der Waals surface area contributed by atoms with Gasteiger partial charge in [-0.15, -0.1) is 0 Å². The number of nitrogens with zero attached hydrogens (tertiary/aromatic N) is 1. The van der Waals surface area contributed by atoms with E-state index in [1.165, 1.54) is 0 Å². The van der Waals surface area contributed by atoms with Gasteiger partial charge in [0.25, 0.3) is 0 Å². The van der Waals surface area contributed by atoms with E-state index in [9.17, 15) is 14.3 Å². The first-order chi connectivity index (χ1) is 14.3. The molecule has 2 fully saturated rings. The van der Waals surface area contributed by atoms with Crippen molar-refractivity contribution in [3.05, 3.63) is 48.7 Å². The summed E-state index contributed by atoms with van der Waals surface area (Å²) in [5.41, 5.74) is 3.17. The average molecular weight is 421 g/mol. The highest BCUT2D eigenvalue weighted by Crippen LogP contribution is 2.45. The fourth-order valence-corrected chi connectivity index (χ4v) is 4.85. The molecule has 1 saturated heterocycles. The number of hydrogen-bond donors (Lipinski definition) is 2. The van der Waals surface area contributed by atoms with Gasteiger partial charge in [0.15, 0.2) is 0 Å². The van der Waals surface area contributed by atoms with Gasteiger partial charge in [-0.05, 0) is 57.1 Å². The van der Waals surface area contributed by atoms with E-state index in [0.29, 0.717) is 25.8 Å². The maximum Gasteiger partial charge on any atom is 0.246 e. The van der Waals surface area contributed by atoms with Gasteiger partial charge in [0.2, 0.25) is 5.91 Å². The molecule has 2 N–H and O–H groups in total. The second-order valence-corrected chi connectivity index (χ2v) is 8.95. The van der Waals surface area contributed by atoms with Crippen molar-refractivity contribution in [1.82, 2.24) is 10.4 Å². The molecule has 0 aromatic carbocycles. The van der Waals surface area contributed by atoms with Gasteiger partial charge in [-0.25, -0.2) is 4.39 Å². The summed E-state index contributed by atoms with van der Waals surface area (Å²) in [4.78, 5) is 19.6. The van der Waals surface area contributed by atoms with Crippen LogP contribution >= 0.6 is 0 Å². The smallest absolute Gasteiger partial charge is 0.246 e. The number of rotatable bonds is 6. The first kappa shape index (κ1) is 22.7. The molecule has 2 aliphatic heterocycles. The van der Waals surface area contributed by atoms with Crippen LogP contribution in [0.25, 0.3) is 0 Å². The number of hydrogen-bond acceptors (Lipinski definition) is 5. The topological polar surface area (TPSA) is 71.0 Å². The molecule has 0 radical (unpaired) electrons. The van der Waals surface area contributed by atoms with Crippen molar-refractivity contribution in [3.8, 4) is 0 Å². The maximum absolute atomic E-state index is 13.4. The lowest BCUT2D eigenvalue weighted by Crippen LogP contribution is -2.56. The molecule has 3 aliphatic rings. The lowest BCUT2D eigenvalue weighted by Gasteiger charge is -2.47. The van der Waals surface area contributed by atoms with E-state index in [1.807, 2.05) is 20.0 Å². The van der Waals surface area contributed by atoms with E-state index in [1.54, 1.807) is 30.2 Å². The molecule has 6 nitrogen and oxygen atoms in total. The van der Waals surface area contributed by atoms with Crippen LogP contribution in [0, 0.1) is 17.8 Å². The van der Waals surface area contributed by atoms with E-state index in [4.69, 9.17) is 9.57 Å². The molecule has 0 aromatic heterocycles. The summed E-state index contributed by atoms with van der Waals surface area (Å²) < 4.78 is 19.5. The van der Waals surface area contributed by atoms with Crippen molar-refractivity contribution >= 4 is 5.91 Å². The number of carbonyl (C=O) groups is 1. The lowest BCUT2D eigenvalue weighted by molar-refractivity contribution is -0.143. The number of aliphatic hydroxyl groups is 1. The predicted molar refractivity (Wildman–Crippen MR) is 112 cm³/mol. The van der Waals surface area contributed by atoms with Gasteiger partial charge >= 0.3 is 0 Å². The number of nitrogens with one attached hydrogen (secondary N) is 1. The summed E-state index contributed by atoms with van der Waals surface area (Å²) >= 11 is 0. The molecule has 3 rings (SSSR count). The molecule has 1 amide bonds. The van der Waals surface area contributed by atoms with Gasteiger partial charge < -0.3 is 19.6 Å². The third-order valence-electron chi connectivity index (χ3n) is 6.53. The average Bonchev–Trinajstić information content (AvgIpc) is 2.73. The van der Waals surface area contributed by atoms with Gasteiger partial charge in [0.05, 0.1) is 12.2 Å². The summed E-state index contributed by atoms with van der Waals surface area (Å²) in [7, 11) is 1.74. The fraction of sp³-hybridized carbons (Fsp3) is 0.609. The summed E-state index contributed by atoms with van der Waals surface area (Å²) in [5, 5.41) is 10.7. The van der Waals surface area contributed by atoms with Crippen LogP contribution in [0.3, 0.4) is 0 Å². The van der Waals surface area contributed by atoms with Crippen LogP contribution in [0.5, 0.6) is 0 Å². The second-order valence-electron chi connectivity index (χ2n) is 8.95. The number of ether oxygens (including phenoxy) is 1. The van der Waals surface area contributed by atoms with Crippen LogP contribution in [0.2, 0.25) is 0 Å². The minimum atomic E-state index is -0.824. The van der Waals surface area contributed by atoms with Crippen molar-refractivity contribution in [2.45, 2.75) is 57.3 Å². The number of carbonyl (C=O) groups excluding carboxylic acids is 1. The van der Waals surface area contributed by atoms with Crippen molar-refractivity contribution in [2.75, 3.05) is 13.7 Å². The highest BCUT2D eigenvalue weighted by molar-refractivity contribution is 5.84. The maximum atomic E-state index is 13.4. The van der Waals surface area contributed by atoms with Gasteiger partial charge in [0, 0.05) is 25.1 Å². The second kappa shape index (κ2) is 9.45. The molecule has 30 heavy (non-hydrogen) atoms. The number of halogens is 1. The van der Waals surface area contributed by atoms with E-state index in [0.717, 1.165) is 18.4 Å². The van der Waals surface area contributed by atoms with Crippen LogP contribution in [0.1, 0.15) is 39.5 Å². The van der Waals surface area contributed by atoms with Crippen molar-refractivity contribution in [2.24, 2.45) is 17.8 Å². The zero-order valence-corrected chi connectivity index (χ0v) is 18.0. The molecule has 7 heteroatoms. The van der Waals surface area contributed by atoms with Crippen LogP contribution in [-0.4, -0.2) is 47.3 Å². The number of hydroxylamine groups is 1. The van der Waals surface area contributed by atoms with Crippen LogP contribution in [-0.2, 0) is 14.4 Å². The molecule has 0 bridgehead atoms. The Balaban J connectivity index is 1.93. The fourth-order valence-electron chi connectivity index (χ4n) is 4.85. The zero-order valence-electron chi connectivity index (χ0n) is 18.0. The minimum absolute atomic E-state index is 0.0133. The highest BCUT2D eigenvalue weighted by atomic mass is 19.1. The first-order valence-electron chi connectivity index (χ1n) is 10.6. The van der Waals surface area contributed by atoms with Gasteiger partial charge in [-0.3, -0.25) is 4.79 Å². The molecule has 1 saturated carbocycles. The van der Waals surface area contributed by atoms with Crippen molar-refractivity contribution in [3.63, 3.8) is 0 Å². The molecule has 0 spiro atoms. The minimum Gasteiger partial charge on any atom is -0.487 e. The van der Waals surface area contributed by atoms with E-state index < -0.39 is 11.6 Å². The number of fused-ring (bicyclic) bond motifs is 1. The number of likely N-dealkylation sites (N-methyl/N-ethyl adjacent to an activating group) is 1. The molecular formula is C23H33FN2O4. The predicted octanol–water partition coefficient (Wildman–Crippen LogP) is 3.38. The van der Waals surface area contributed by atoms with E-state index in [-0.39, 0.29) is 35.5 Å². The molecular weight excluding hydrogens is 387 g/mol. The summed E-state index contributed by atoms with van der Waals surface area (Å²) in [6, 6.07) is -0.441. The lowest BCUT2D eigenvalue weighted by atomic mass is 9.66. The number of allylic oxidation sites excluding steroid dienone is 3. The Hall–Kier alpha value is -1.96. The molecule has 0 aromatic rings. The van der Waals surface area contributed by atoms with Crippen molar-refractivity contribution < 1.29 is 23.9 Å². The largest absolute Gasteiger partial charge is 0.487 e. The molecule has 5 atom stereocenters. The first-order valence-corrected chi connectivity index (χ1v) is 10.6. The molecule has 5 unspecified atom stereocenters. The Bertz CT molecular complexity index is 740. The Morgan fingerprint density at radius 3 is 2.83 bits per heavy atom. The third kappa shape index (κ3) is 4.85. The Morgan fingerprint density at radius 2 is 2.17 bits per heavy atom. The molecule has 1 aliphatic carbocycles. The summed E-state index contributed by atoms with van der Waals surface area (Å²) in [6.45, 7) is 7.79. The zero-order chi connectivity index (χ0) is 21.9. The summed E-state index contributed by atoms with van der Waals surface area (Å²) in [5.74, 6) is 0.132. The van der Waals surface area contributed by atoms with E-state index in [2.05, 4.69) is 12.1 Å². The normalized spacial score (nSPS) is 33.3. The Labute approximate surface area is 178 Å². The summed E-state index contributed by atoms with van der Waals surface area (Å²) in [6.07, 6.45) is 9.77. The standard InChI is InChI=1S/C23H33FN2O4/c1-5-6-7-16(13-24)30-20-9-8-15(23(2,3)28)12-18(20)19-14-26(4)22(27)21-17(19)10-11-29-25-21/h5-7,13-15,17-18,20-21,25,28H,1,8-12H2,2-4H3/b7-6-,16-13-. The van der Waals surface area contributed by atoms with Crippen molar-refractivity contribution in [1.29, 1.82) is 0 Å². The van der Waals surface area contributed by atoms with Crippen LogP contribution in [0.15, 0.2) is 48.7 Å².